The smallest absolute Gasteiger partial charge is 0.416 e. The predicted octanol–water partition coefficient (Wildman–Crippen LogP) is 4.46. The maximum atomic E-state index is 12.7. The molecule has 0 aromatic heterocycles. The minimum atomic E-state index is -4.62. The van der Waals surface area contributed by atoms with Crippen molar-refractivity contribution in [3.63, 3.8) is 0 Å². The maximum absolute atomic E-state index is 12.7. The molecular formula is C18H12ClF3N2O5. The van der Waals surface area contributed by atoms with E-state index in [2.05, 4.69) is 10.1 Å². The Bertz CT molecular complexity index is 976. The first-order valence-electron chi connectivity index (χ1n) is 7.82. The van der Waals surface area contributed by atoms with Crippen molar-refractivity contribution in [2.75, 3.05) is 11.9 Å². The highest BCUT2D eigenvalue weighted by Crippen LogP contribution is 2.33. The zero-order valence-electron chi connectivity index (χ0n) is 14.4. The molecule has 0 heterocycles. The maximum Gasteiger partial charge on any atom is 0.416 e. The molecule has 0 saturated carbocycles. The summed E-state index contributed by atoms with van der Waals surface area (Å²) in [7, 11) is 0. The molecule has 29 heavy (non-hydrogen) atoms. The molecule has 1 amide bonds. The van der Waals surface area contributed by atoms with Crippen molar-refractivity contribution < 1.29 is 32.4 Å². The number of amides is 1. The molecule has 0 atom stereocenters. The van der Waals surface area contributed by atoms with Crippen LogP contribution < -0.4 is 5.32 Å². The van der Waals surface area contributed by atoms with Gasteiger partial charge in [0.2, 0.25) is 0 Å². The van der Waals surface area contributed by atoms with Crippen LogP contribution in [0.25, 0.3) is 6.08 Å². The Balaban J connectivity index is 1.93. The molecule has 0 unspecified atom stereocenters. The number of ether oxygens (including phenoxy) is 1. The van der Waals surface area contributed by atoms with E-state index in [9.17, 15) is 32.9 Å². The summed E-state index contributed by atoms with van der Waals surface area (Å²) in [6.45, 7) is -0.773. The van der Waals surface area contributed by atoms with Gasteiger partial charge >= 0.3 is 12.1 Å². The Morgan fingerprint density at radius 3 is 2.59 bits per heavy atom. The molecule has 1 N–H and O–H groups in total. The highest BCUT2D eigenvalue weighted by atomic mass is 35.5. The highest BCUT2D eigenvalue weighted by molar-refractivity contribution is 6.33. The van der Waals surface area contributed by atoms with Gasteiger partial charge in [-0.05, 0) is 29.8 Å². The summed E-state index contributed by atoms with van der Waals surface area (Å²) < 4.78 is 42.8. The first-order valence-corrected chi connectivity index (χ1v) is 8.20. The van der Waals surface area contributed by atoms with E-state index in [4.69, 9.17) is 11.6 Å². The van der Waals surface area contributed by atoms with E-state index in [1.54, 1.807) is 0 Å². The average Bonchev–Trinajstić information content (AvgIpc) is 2.65. The number of nitrogens with one attached hydrogen (secondary N) is 1. The van der Waals surface area contributed by atoms with E-state index in [1.165, 1.54) is 30.3 Å². The minimum Gasteiger partial charge on any atom is -0.452 e. The highest BCUT2D eigenvalue weighted by Gasteiger charge is 2.31. The molecule has 0 bridgehead atoms. The van der Waals surface area contributed by atoms with Crippen LogP contribution in [0.2, 0.25) is 5.02 Å². The molecule has 0 aliphatic heterocycles. The Morgan fingerprint density at radius 2 is 1.93 bits per heavy atom. The normalized spacial score (nSPS) is 11.3. The van der Waals surface area contributed by atoms with Crippen molar-refractivity contribution in [3.8, 4) is 0 Å². The number of benzene rings is 2. The lowest BCUT2D eigenvalue weighted by molar-refractivity contribution is -0.384. The van der Waals surface area contributed by atoms with Gasteiger partial charge in [0, 0.05) is 18.2 Å². The zero-order chi connectivity index (χ0) is 21.6. The van der Waals surface area contributed by atoms with Crippen molar-refractivity contribution in [1.82, 2.24) is 0 Å². The molecule has 152 valence electrons. The third kappa shape index (κ3) is 6.61. The van der Waals surface area contributed by atoms with Gasteiger partial charge in [0.1, 0.15) is 0 Å². The Morgan fingerprint density at radius 1 is 1.21 bits per heavy atom. The lowest BCUT2D eigenvalue weighted by atomic mass is 10.2. The molecule has 11 heteroatoms. The lowest BCUT2D eigenvalue weighted by Gasteiger charge is -2.11. The van der Waals surface area contributed by atoms with Crippen LogP contribution >= 0.6 is 11.6 Å². The topological polar surface area (TPSA) is 98.5 Å². The number of nitrogens with zero attached hydrogens (tertiary/aromatic N) is 1. The van der Waals surface area contributed by atoms with Crippen LogP contribution in [-0.4, -0.2) is 23.4 Å². The van der Waals surface area contributed by atoms with Gasteiger partial charge in [-0.2, -0.15) is 13.2 Å². The van der Waals surface area contributed by atoms with E-state index < -0.39 is 35.1 Å². The molecule has 0 aliphatic carbocycles. The molecule has 0 saturated heterocycles. The SMILES string of the molecule is O=C(COC(=O)C=Cc1cccc([N+](=O)[O-])c1)Nc1cc(C(F)(F)F)ccc1Cl. The number of halogens is 4. The molecule has 0 radical (unpaired) electrons. The predicted molar refractivity (Wildman–Crippen MR) is 98.2 cm³/mol. The first-order chi connectivity index (χ1) is 13.6. The number of carbonyl (C=O) groups is 2. The number of carbonyl (C=O) groups excluding carboxylic acids is 2. The van der Waals surface area contributed by atoms with Gasteiger partial charge < -0.3 is 10.1 Å². The molecule has 7 nitrogen and oxygen atoms in total. The van der Waals surface area contributed by atoms with Crippen LogP contribution in [0.15, 0.2) is 48.5 Å². The van der Waals surface area contributed by atoms with Crippen molar-refractivity contribution >= 4 is 40.9 Å². The third-order valence-corrected chi connectivity index (χ3v) is 3.74. The van der Waals surface area contributed by atoms with E-state index in [-0.39, 0.29) is 16.4 Å². The standard InChI is InChI=1S/C18H12ClF3N2O5/c19-14-6-5-12(18(20,21)22)9-15(14)23-16(25)10-29-17(26)7-4-11-2-1-3-13(8-11)24(27)28/h1-9H,10H2,(H,23,25). The van der Waals surface area contributed by atoms with Gasteiger partial charge in [-0.15, -0.1) is 0 Å². The summed E-state index contributed by atoms with van der Waals surface area (Å²) in [6, 6.07) is 7.84. The fourth-order valence-corrected chi connectivity index (χ4v) is 2.24. The summed E-state index contributed by atoms with van der Waals surface area (Å²) in [5.74, 6) is -1.83. The van der Waals surface area contributed by atoms with E-state index in [0.29, 0.717) is 11.6 Å². The largest absolute Gasteiger partial charge is 0.452 e. The monoisotopic (exact) mass is 428 g/mol. The number of nitro groups is 1. The van der Waals surface area contributed by atoms with Gasteiger partial charge in [0.05, 0.1) is 21.2 Å². The third-order valence-electron chi connectivity index (χ3n) is 3.41. The fourth-order valence-electron chi connectivity index (χ4n) is 2.07. The molecule has 0 spiro atoms. The molecule has 2 rings (SSSR count). The fraction of sp³-hybridized carbons (Fsp3) is 0.111. The number of alkyl halides is 3. The number of anilines is 1. The molecule has 2 aromatic carbocycles. The Hall–Kier alpha value is -3.40. The quantitative estimate of drug-likeness (QED) is 0.317. The van der Waals surface area contributed by atoms with Gasteiger partial charge in [-0.1, -0.05) is 23.7 Å². The van der Waals surface area contributed by atoms with Crippen LogP contribution in [-0.2, 0) is 20.5 Å². The lowest BCUT2D eigenvalue weighted by Crippen LogP contribution is -2.20. The number of rotatable bonds is 6. The average molecular weight is 429 g/mol. The summed E-state index contributed by atoms with van der Waals surface area (Å²) in [5, 5.41) is 12.7. The van der Waals surface area contributed by atoms with Crippen LogP contribution in [0.4, 0.5) is 24.5 Å². The second-order valence-electron chi connectivity index (χ2n) is 5.53. The first kappa shape index (κ1) is 21.9. The van der Waals surface area contributed by atoms with Gasteiger partial charge in [0.15, 0.2) is 6.61 Å². The van der Waals surface area contributed by atoms with Crippen molar-refractivity contribution in [1.29, 1.82) is 0 Å². The summed E-state index contributed by atoms with van der Waals surface area (Å²) >= 11 is 5.76. The van der Waals surface area contributed by atoms with Crippen LogP contribution in [0.5, 0.6) is 0 Å². The van der Waals surface area contributed by atoms with Crippen LogP contribution in [0, 0.1) is 10.1 Å². The molecule has 2 aromatic rings. The number of hydrogen-bond acceptors (Lipinski definition) is 5. The molecular weight excluding hydrogens is 417 g/mol. The molecule has 0 aliphatic rings. The Kier molecular flexibility index (Phi) is 6.94. The summed E-state index contributed by atoms with van der Waals surface area (Å²) in [6.07, 6.45) is -2.42. The Labute approximate surface area is 166 Å². The minimum absolute atomic E-state index is 0.122. The second-order valence-corrected chi connectivity index (χ2v) is 5.94. The van der Waals surface area contributed by atoms with Gasteiger partial charge in [-0.25, -0.2) is 4.79 Å². The van der Waals surface area contributed by atoms with Crippen molar-refractivity contribution in [3.05, 3.63) is 74.8 Å². The molecule has 0 fully saturated rings. The summed E-state index contributed by atoms with van der Waals surface area (Å²) in [4.78, 5) is 33.5. The number of esters is 1. The van der Waals surface area contributed by atoms with Crippen molar-refractivity contribution in [2.45, 2.75) is 6.18 Å². The van der Waals surface area contributed by atoms with Crippen LogP contribution in [0.1, 0.15) is 11.1 Å². The van der Waals surface area contributed by atoms with Gasteiger partial charge in [-0.3, -0.25) is 14.9 Å². The van der Waals surface area contributed by atoms with Crippen molar-refractivity contribution in [2.24, 2.45) is 0 Å². The number of nitro benzene ring substituents is 1. The number of non-ortho nitro benzene ring substituents is 1. The van der Waals surface area contributed by atoms with Gasteiger partial charge in [0.25, 0.3) is 11.6 Å². The second kappa shape index (κ2) is 9.20. The van der Waals surface area contributed by atoms with E-state index >= 15 is 0 Å². The van der Waals surface area contributed by atoms with E-state index in [1.807, 2.05) is 0 Å². The summed E-state index contributed by atoms with van der Waals surface area (Å²) in [5.41, 5.74) is -1.10. The van der Waals surface area contributed by atoms with Crippen LogP contribution in [0.3, 0.4) is 0 Å². The van der Waals surface area contributed by atoms with E-state index in [0.717, 1.165) is 18.2 Å². The zero-order valence-corrected chi connectivity index (χ0v) is 15.2. The number of hydrogen-bond donors (Lipinski definition) is 1.